The number of imide groups is 1. The third kappa shape index (κ3) is 6.73. The molecule has 4 atom stereocenters. The Morgan fingerprint density at radius 1 is 1.00 bits per heavy atom. The summed E-state index contributed by atoms with van der Waals surface area (Å²) in [7, 11) is -1.47. The van der Waals surface area contributed by atoms with Crippen molar-refractivity contribution in [1.82, 2.24) is 4.90 Å². The first kappa shape index (κ1) is 34.7. The molecular weight excluding hydrogens is 611 g/mol. The number of amides is 2. The van der Waals surface area contributed by atoms with Crippen LogP contribution in [0, 0.1) is 17.8 Å². The van der Waals surface area contributed by atoms with Gasteiger partial charge in [-0.25, -0.2) is 0 Å². The average Bonchev–Trinajstić information content (AvgIpc) is 3.61. The van der Waals surface area contributed by atoms with Crippen LogP contribution in [0.5, 0.6) is 0 Å². The second-order valence-electron chi connectivity index (χ2n) is 13.9. The van der Waals surface area contributed by atoms with Crippen molar-refractivity contribution in [3.8, 4) is 0 Å². The summed E-state index contributed by atoms with van der Waals surface area (Å²) in [4.78, 5) is 27.8. The van der Waals surface area contributed by atoms with Gasteiger partial charge in [0.05, 0.1) is 31.2 Å². The molecule has 1 fully saturated rings. The number of hydrogen-bond acceptors (Lipinski definition) is 7. The fourth-order valence-corrected chi connectivity index (χ4v) is 12.1. The standard InChI is InChI=1S/C38H47NO7Si/c1-25(20-27-17-18-28(22-40)46-27)16-19-33(42)34-26(21-31-35(32(34)23-41)37(44)39(5)36(31)43)24-45-47(38(2,3)4,29-12-8-6-9-13-29)30-14-10-7-11-15-30/h6-15,17-18,20,31-33,35,40-42H,16,19,21-24H2,1-5H3/b25-20+/t31-,32+,33-,35-/m1/s1. The van der Waals surface area contributed by atoms with Crippen LogP contribution in [-0.4, -0.2) is 66.7 Å². The van der Waals surface area contributed by atoms with E-state index in [0.717, 1.165) is 21.5 Å². The molecule has 2 amide bonds. The zero-order chi connectivity index (χ0) is 33.9. The molecule has 5 rings (SSSR count). The van der Waals surface area contributed by atoms with Gasteiger partial charge in [0.2, 0.25) is 11.8 Å². The molecule has 0 bridgehead atoms. The summed E-state index contributed by atoms with van der Waals surface area (Å²) in [5, 5.41) is 33.9. The van der Waals surface area contributed by atoms with Crippen molar-refractivity contribution in [2.45, 2.75) is 64.7 Å². The Morgan fingerprint density at radius 2 is 1.62 bits per heavy atom. The highest BCUT2D eigenvalue weighted by molar-refractivity contribution is 6.99. The van der Waals surface area contributed by atoms with Crippen LogP contribution in [0.4, 0.5) is 0 Å². The van der Waals surface area contributed by atoms with Gasteiger partial charge in [-0.1, -0.05) is 87.0 Å². The number of aliphatic hydroxyl groups is 3. The van der Waals surface area contributed by atoms with E-state index in [1.807, 2.05) is 49.4 Å². The normalized spacial score (nSPS) is 21.4. The molecule has 3 N–H and O–H groups in total. The zero-order valence-corrected chi connectivity index (χ0v) is 29.0. The highest BCUT2D eigenvalue weighted by Gasteiger charge is 2.55. The maximum Gasteiger partial charge on any atom is 0.261 e. The van der Waals surface area contributed by atoms with Gasteiger partial charge in [-0.05, 0) is 71.0 Å². The first-order valence-electron chi connectivity index (χ1n) is 16.4. The molecule has 2 heterocycles. The molecule has 250 valence electrons. The van der Waals surface area contributed by atoms with E-state index in [2.05, 4.69) is 45.0 Å². The predicted octanol–water partition coefficient (Wildman–Crippen LogP) is 4.43. The summed E-state index contributed by atoms with van der Waals surface area (Å²) in [5.74, 6) is -1.52. The van der Waals surface area contributed by atoms with Gasteiger partial charge in [0, 0.05) is 13.0 Å². The van der Waals surface area contributed by atoms with Gasteiger partial charge in [-0.15, -0.1) is 0 Å². The minimum absolute atomic E-state index is 0.162. The van der Waals surface area contributed by atoms with Crippen molar-refractivity contribution in [2.75, 3.05) is 20.3 Å². The van der Waals surface area contributed by atoms with Crippen LogP contribution in [0.15, 0.2) is 93.9 Å². The van der Waals surface area contributed by atoms with Crippen molar-refractivity contribution in [2.24, 2.45) is 17.8 Å². The highest BCUT2D eigenvalue weighted by atomic mass is 28.4. The Kier molecular flexibility index (Phi) is 10.5. The molecule has 1 aliphatic carbocycles. The number of carbonyl (C=O) groups is 2. The molecule has 1 saturated heterocycles. The molecule has 47 heavy (non-hydrogen) atoms. The van der Waals surface area contributed by atoms with Gasteiger partial charge in [0.1, 0.15) is 18.1 Å². The summed E-state index contributed by atoms with van der Waals surface area (Å²) >= 11 is 0. The largest absolute Gasteiger partial charge is 0.459 e. The predicted molar refractivity (Wildman–Crippen MR) is 184 cm³/mol. The zero-order valence-electron chi connectivity index (χ0n) is 28.0. The first-order valence-corrected chi connectivity index (χ1v) is 18.3. The molecule has 1 aromatic heterocycles. The molecule has 0 saturated carbocycles. The lowest BCUT2D eigenvalue weighted by Crippen LogP contribution is -2.66. The van der Waals surface area contributed by atoms with Crippen molar-refractivity contribution in [3.63, 3.8) is 0 Å². The van der Waals surface area contributed by atoms with E-state index in [1.165, 1.54) is 11.9 Å². The van der Waals surface area contributed by atoms with Crippen LogP contribution in [0.1, 0.15) is 58.5 Å². The van der Waals surface area contributed by atoms with Crippen molar-refractivity contribution in [3.05, 3.63) is 101 Å². The SMILES string of the molecule is C/C(=C\c1ccc(CO)o1)CC[C@@H](O)C1=C(CO[Si](c2ccccc2)(c2ccccc2)C(C)(C)C)C[C@H]2C(=O)N(C)C(=O)[C@H]2[C@H]1CO. The molecule has 2 aliphatic rings. The number of carbonyl (C=O) groups excluding carboxylic acids is 2. The lowest BCUT2D eigenvalue weighted by atomic mass is 9.68. The quantitative estimate of drug-likeness (QED) is 0.150. The van der Waals surface area contributed by atoms with Crippen LogP contribution >= 0.6 is 0 Å². The van der Waals surface area contributed by atoms with Crippen molar-refractivity contribution in [1.29, 1.82) is 0 Å². The van der Waals surface area contributed by atoms with Crippen LogP contribution in [0.25, 0.3) is 6.08 Å². The van der Waals surface area contributed by atoms with Gasteiger partial charge in [0.25, 0.3) is 8.32 Å². The van der Waals surface area contributed by atoms with E-state index in [4.69, 9.17) is 8.84 Å². The fraction of sp³-hybridized carbons (Fsp3) is 0.421. The number of nitrogens with zero attached hydrogens (tertiary/aromatic N) is 1. The van der Waals surface area contributed by atoms with E-state index >= 15 is 0 Å². The Labute approximate surface area is 278 Å². The third-order valence-electron chi connectivity index (χ3n) is 9.88. The van der Waals surface area contributed by atoms with Crippen LogP contribution in [0.3, 0.4) is 0 Å². The van der Waals surface area contributed by atoms with E-state index in [1.54, 1.807) is 12.1 Å². The molecule has 0 spiro atoms. The second-order valence-corrected chi connectivity index (χ2v) is 18.2. The maximum absolute atomic E-state index is 13.3. The summed E-state index contributed by atoms with van der Waals surface area (Å²) in [5.41, 5.74) is 2.36. The smallest absolute Gasteiger partial charge is 0.261 e. The Morgan fingerprint density at radius 3 is 2.15 bits per heavy atom. The second kappa shape index (κ2) is 14.3. The fourth-order valence-electron chi connectivity index (χ4n) is 7.60. The number of allylic oxidation sites excluding steroid dienone is 1. The maximum atomic E-state index is 13.3. The minimum Gasteiger partial charge on any atom is -0.459 e. The number of rotatable bonds is 12. The topological polar surface area (TPSA) is 120 Å². The average molecular weight is 658 g/mol. The molecule has 8 nitrogen and oxygen atoms in total. The number of aliphatic hydroxyl groups excluding tert-OH is 3. The van der Waals surface area contributed by atoms with E-state index < -0.39 is 32.2 Å². The van der Waals surface area contributed by atoms with E-state index in [9.17, 15) is 24.9 Å². The summed E-state index contributed by atoms with van der Waals surface area (Å²) < 4.78 is 12.9. The Balaban J connectivity index is 1.54. The number of likely N-dealkylation sites (tertiary alicyclic amines) is 1. The minimum atomic E-state index is -2.97. The van der Waals surface area contributed by atoms with Gasteiger partial charge >= 0.3 is 0 Å². The van der Waals surface area contributed by atoms with Crippen molar-refractivity contribution >= 4 is 36.6 Å². The number of benzene rings is 2. The number of fused-ring (bicyclic) bond motifs is 1. The molecule has 1 aliphatic heterocycles. The van der Waals surface area contributed by atoms with E-state index in [0.29, 0.717) is 29.9 Å². The van der Waals surface area contributed by atoms with Gasteiger partial charge in [-0.3, -0.25) is 14.5 Å². The summed E-state index contributed by atoms with van der Waals surface area (Å²) in [6.07, 6.45) is 2.07. The molecule has 3 aromatic rings. The third-order valence-corrected chi connectivity index (χ3v) is 14.9. The molecule has 0 radical (unpaired) electrons. The lowest BCUT2D eigenvalue weighted by Gasteiger charge is -2.44. The first-order chi connectivity index (χ1) is 22.4. The van der Waals surface area contributed by atoms with Crippen molar-refractivity contribution < 1.29 is 33.8 Å². The highest BCUT2D eigenvalue weighted by Crippen LogP contribution is 2.47. The number of hydrogen-bond donors (Lipinski definition) is 3. The lowest BCUT2D eigenvalue weighted by molar-refractivity contribution is -0.138. The Bertz CT molecular complexity index is 1580. The summed E-state index contributed by atoms with van der Waals surface area (Å²) in [6.45, 7) is 8.15. The Hall–Kier alpha value is -3.60. The molecule has 9 heteroatoms. The number of furan rings is 1. The van der Waals surface area contributed by atoms with E-state index in [-0.39, 0.29) is 43.1 Å². The van der Waals surface area contributed by atoms with Crippen LogP contribution in [0.2, 0.25) is 5.04 Å². The monoisotopic (exact) mass is 657 g/mol. The summed E-state index contributed by atoms with van der Waals surface area (Å²) in [6, 6.07) is 24.1. The molecule has 0 unspecified atom stereocenters. The molecule has 2 aromatic carbocycles. The van der Waals surface area contributed by atoms with Gasteiger partial charge in [-0.2, -0.15) is 0 Å². The van der Waals surface area contributed by atoms with Crippen LogP contribution in [-0.2, 0) is 20.6 Å². The van der Waals surface area contributed by atoms with Gasteiger partial charge in [0.15, 0.2) is 0 Å². The van der Waals surface area contributed by atoms with Crippen LogP contribution < -0.4 is 10.4 Å². The van der Waals surface area contributed by atoms with Gasteiger partial charge < -0.3 is 24.2 Å². The molecular formula is C38H47NO7Si.